The standard InChI is InChI=1S/C13H18N4O4S/c1-14-10(18)6-9-7-11(19)16-13(15-9)22-8-12(20)17-2-4-21-5-3-17/h7H,2-6,8H2,1H3,(H,14,18)(H,15,16,19). The summed E-state index contributed by atoms with van der Waals surface area (Å²) in [4.78, 5) is 43.4. The molecule has 0 radical (unpaired) electrons. The Bertz CT molecular complexity index is 598. The van der Waals surface area contributed by atoms with E-state index in [9.17, 15) is 14.4 Å². The van der Waals surface area contributed by atoms with Gasteiger partial charge in [0.25, 0.3) is 5.56 Å². The molecule has 1 aliphatic heterocycles. The van der Waals surface area contributed by atoms with Crippen LogP contribution in [-0.4, -0.2) is 65.8 Å². The third kappa shape index (κ3) is 4.85. The quantitative estimate of drug-likeness (QED) is 0.532. The van der Waals surface area contributed by atoms with E-state index in [1.54, 1.807) is 4.90 Å². The van der Waals surface area contributed by atoms with Gasteiger partial charge in [0.05, 0.1) is 31.1 Å². The van der Waals surface area contributed by atoms with Crippen molar-refractivity contribution >= 4 is 23.6 Å². The lowest BCUT2D eigenvalue weighted by Gasteiger charge is -2.26. The maximum absolute atomic E-state index is 12.0. The maximum atomic E-state index is 12.0. The second-order valence-electron chi connectivity index (χ2n) is 4.67. The number of hydrogen-bond acceptors (Lipinski definition) is 6. The fourth-order valence-corrected chi connectivity index (χ4v) is 2.73. The molecule has 2 N–H and O–H groups in total. The highest BCUT2D eigenvalue weighted by Crippen LogP contribution is 2.13. The van der Waals surface area contributed by atoms with Gasteiger partial charge in [0, 0.05) is 26.2 Å². The van der Waals surface area contributed by atoms with Crippen LogP contribution in [0.15, 0.2) is 16.0 Å². The molecule has 2 amide bonds. The van der Waals surface area contributed by atoms with Gasteiger partial charge in [-0.3, -0.25) is 14.4 Å². The molecule has 1 aliphatic rings. The Labute approximate surface area is 131 Å². The van der Waals surface area contributed by atoms with Crippen molar-refractivity contribution in [3.8, 4) is 0 Å². The first-order chi connectivity index (χ1) is 10.6. The van der Waals surface area contributed by atoms with Gasteiger partial charge in [-0.25, -0.2) is 4.98 Å². The first-order valence-electron chi connectivity index (χ1n) is 6.87. The number of H-pyrrole nitrogens is 1. The van der Waals surface area contributed by atoms with Crippen LogP contribution in [-0.2, 0) is 20.7 Å². The third-order valence-electron chi connectivity index (χ3n) is 3.09. The van der Waals surface area contributed by atoms with Crippen LogP contribution in [0.2, 0.25) is 0 Å². The zero-order valence-electron chi connectivity index (χ0n) is 12.3. The van der Waals surface area contributed by atoms with Crippen LogP contribution >= 0.6 is 11.8 Å². The number of nitrogens with one attached hydrogen (secondary N) is 2. The molecule has 2 rings (SSSR count). The second kappa shape index (κ2) is 7.95. The molecule has 1 aromatic rings. The number of amides is 2. The van der Waals surface area contributed by atoms with Gasteiger partial charge in [-0.2, -0.15) is 0 Å². The van der Waals surface area contributed by atoms with Gasteiger partial charge < -0.3 is 19.9 Å². The number of likely N-dealkylation sites (N-methyl/N-ethyl adjacent to an activating group) is 1. The molecule has 1 fully saturated rings. The van der Waals surface area contributed by atoms with E-state index in [1.807, 2.05) is 0 Å². The van der Waals surface area contributed by atoms with Crippen LogP contribution in [0.3, 0.4) is 0 Å². The van der Waals surface area contributed by atoms with Crippen molar-refractivity contribution in [3.63, 3.8) is 0 Å². The van der Waals surface area contributed by atoms with Gasteiger partial charge in [-0.1, -0.05) is 11.8 Å². The minimum atomic E-state index is -0.338. The fourth-order valence-electron chi connectivity index (χ4n) is 1.93. The molecule has 0 atom stereocenters. The number of carbonyl (C=O) groups is 2. The average Bonchev–Trinajstić information content (AvgIpc) is 2.52. The van der Waals surface area contributed by atoms with E-state index >= 15 is 0 Å². The first-order valence-corrected chi connectivity index (χ1v) is 7.86. The van der Waals surface area contributed by atoms with Crippen molar-refractivity contribution in [2.24, 2.45) is 0 Å². The van der Waals surface area contributed by atoms with Crippen LogP contribution in [0, 0.1) is 0 Å². The molecule has 22 heavy (non-hydrogen) atoms. The van der Waals surface area contributed by atoms with Crippen molar-refractivity contribution in [2.45, 2.75) is 11.6 Å². The summed E-state index contributed by atoms with van der Waals surface area (Å²) in [5.74, 6) is -0.0575. The molecule has 0 aromatic carbocycles. The number of aromatic amines is 1. The van der Waals surface area contributed by atoms with Crippen LogP contribution < -0.4 is 10.9 Å². The zero-order chi connectivity index (χ0) is 15.9. The summed E-state index contributed by atoms with van der Waals surface area (Å²) in [6.45, 7) is 2.26. The summed E-state index contributed by atoms with van der Waals surface area (Å²) in [5.41, 5.74) is 0.0413. The number of rotatable bonds is 5. The van der Waals surface area contributed by atoms with Gasteiger partial charge in [0.15, 0.2) is 5.16 Å². The Kier molecular flexibility index (Phi) is 5.96. The molecule has 120 valence electrons. The number of ether oxygens (including phenoxy) is 1. The number of hydrogen-bond donors (Lipinski definition) is 2. The number of morpholine rings is 1. The molecule has 0 aliphatic carbocycles. The van der Waals surface area contributed by atoms with E-state index in [0.29, 0.717) is 37.2 Å². The molecular formula is C13H18N4O4S. The van der Waals surface area contributed by atoms with Crippen LogP contribution in [0.4, 0.5) is 0 Å². The van der Waals surface area contributed by atoms with Gasteiger partial charge in [0.1, 0.15) is 0 Å². The summed E-state index contributed by atoms with van der Waals surface area (Å²) in [6.07, 6.45) is 0.0331. The first kappa shape index (κ1) is 16.5. The molecule has 0 unspecified atom stereocenters. The monoisotopic (exact) mass is 326 g/mol. The predicted octanol–water partition coefficient (Wildman–Crippen LogP) is -0.991. The van der Waals surface area contributed by atoms with E-state index in [-0.39, 0.29) is 29.5 Å². The topological polar surface area (TPSA) is 104 Å². The van der Waals surface area contributed by atoms with Crippen molar-refractivity contribution in [1.29, 1.82) is 0 Å². The molecular weight excluding hydrogens is 308 g/mol. The Morgan fingerprint density at radius 3 is 2.86 bits per heavy atom. The molecule has 9 heteroatoms. The Morgan fingerprint density at radius 2 is 2.18 bits per heavy atom. The van der Waals surface area contributed by atoms with Crippen LogP contribution in [0.5, 0.6) is 0 Å². The lowest BCUT2D eigenvalue weighted by Crippen LogP contribution is -2.41. The predicted molar refractivity (Wildman–Crippen MR) is 80.8 cm³/mol. The van der Waals surface area contributed by atoms with E-state index in [0.717, 1.165) is 11.8 Å². The second-order valence-corrected chi connectivity index (χ2v) is 5.64. The molecule has 2 heterocycles. The minimum absolute atomic E-state index is 0.0207. The SMILES string of the molecule is CNC(=O)Cc1cc(=O)[nH]c(SCC(=O)N2CCOCC2)n1. The highest BCUT2D eigenvalue weighted by Gasteiger charge is 2.17. The van der Waals surface area contributed by atoms with Gasteiger partial charge in [-0.15, -0.1) is 0 Å². The maximum Gasteiger partial charge on any atom is 0.251 e. The van der Waals surface area contributed by atoms with E-state index in [4.69, 9.17) is 4.74 Å². The number of thioether (sulfide) groups is 1. The Balaban J connectivity index is 1.95. The smallest absolute Gasteiger partial charge is 0.251 e. The molecule has 8 nitrogen and oxygen atoms in total. The normalized spacial score (nSPS) is 14.7. The highest BCUT2D eigenvalue weighted by molar-refractivity contribution is 7.99. The van der Waals surface area contributed by atoms with E-state index in [2.05, 4.69) is 15.3 Å². The van der Waals surface area contributed by atoms with Crippen molar-refractivity contribution < 1.29 is 14.3 Å². The van der Waals surface area contributed by atoms with Crippen LogP contribution in [0.25, 0.3) is 0 Å². The van der Waals surface area contributed by atoms with Crippen molar-refractivity contribution in [1.82, 2.24) is 20.2 Å². The Morgan fingerprint density at radius 1 is 1.45 bits per heavy atom. The third-order valence-corrected chi connectivity index (χ3v) is 3.95. The summed E-state index contributed by atoms with van der Waals surface area (Å²) in [5, 5.41) is 2.82. The minimum Gasteiger partial charge on any atom is -0.378 e. The summed E-state index contributed by atoms with van der Waals surface area (Å²) in [7, 11) is 1.52. The molecule has 0 spiro atoms. The van der Waals surface area contributed by atoms with E-state index < -0.39 is 0 Å². The Hall–Kier alpha value is -1.87. The molecule has 1 saturated heterocycles. The zero-order valence-corrected chi connectivity index (χ0v) is 13.1. The lowest BCUT2D eigenvalue weighted by atomic mass is 10.3. The van der Waals surface area contributed by atoms with Gasteiger partial charge in [-0.05, 0) is 0 Å². The summed E-state index contributed by atoms with van der Waals surface area (Å²) < 4.78 is 5.19. The largest absolute Gasteiger partial charge is 0.378 e. The van der Waals surface area contributed by atoms with Gasteiger partial charge >= 0.3 is 0 Å². The highest BCUT2D eigenvalue weighted by atomic mass is 32.2. The van der Waals surface area contributed by atoms with Crippen molar-refractivity contribution in [2.75, 3.05) is 39.1 Å². The van der Waals surface area contributed by atoms with Crippen molar-refractivity contribution in [3.05, 3.63) is 22.1 Å². The number of carbonyl (C=O) groups excluding carboxylic acids is 2. The molecule has 1 aromatic heterocycles. The van der Waals surface area contributed by atoms with Gasteiger partial charge in [0.2, 0.25) is 11.8 Å². The number of nitrogens with zero attached hydrogens (tertiary/aromatic N) is 2. The summed E-state index contributed by atoms with van der Waals surface area (Å²) >= 11 is 1.15. The fraction of sp³-hybridized carbons (Fsp3) is 0.538. The number of aromatic nitrogens is 2. The summed E-state index contributed by atoms with van der Waals surface area (Å²) in [6, 6.07) is 1.28. The molecule has 0 bridgehead atoms. The lowest BCUT2D eigenvalue weighted by molar-refractivity contribution is -0.132. The average molecular weight is 326 g/mol. The van der Waals surface area contributed by atoms with Crippen LogP contribution in [0.1, 0.15) is 5.69 Å². The van der Waals surface area contributed by atoms with E-state index in [1.165, 1.54) is 13.1 Å². The molecule has 0 saturated carbocycles.